The van der Waals surface area contributed by atoms with Crippen LogP contribution in [0.1, 0.15) is 17.4 Å². The number of rotatable bonds is 4. The molecule has 2 aromatic heterocycles. The molecule has 0 radical (unpaired) electrons. The van der Waals surface area contributed by atoms with Gasteiger partial charge in [0.05, 0.1) is 16.7 Å². The van der Waals surface area contributed by atoms with Crippen LogP contribution in [0.3, 0.4) is 0 Å². The summed E-state index contributed by atoms with van der Waals surface area (Å²) in [5.74, 6) is 0. The van der Waals surface area contributed by atoms with E-state index in [0.717, 1.165) is 16.9 Å². The summed E-state index contributed by atoms with van der Waals surface area (Å²) in [6.45, 7) is 0. The van der Waals surface area contributed by atoms with E-state index in [1.54, 1.807) is 12.1 Å². The van der Waals surface area contributed by atoms with Crippen molar-refractivity contribution in [2.24, 2.45) is 0 Å². The first-order valence-corrected chi connectivity index (χ1v) is 9.10. The average Bonchev–Trinajstić information content (AvgIpc) is 2.98. The van der Waals surface area contributed by atoms with Crippen LogP contribution in [-0.2, 0) is 16.3 Å². The number of nitrogens with zero attached hydrogens (tertiary/aromatic N) is 2. The van der Waals surface area contributed by atoms with E-state index in [1.807, 2.05) is 22.2 Å². The minimum atomic E-state index is -3.27. The first kappa shape index (κ1) is 14.2. The van der Waals surface area contributed by atoms with Gasteiger partial charge in [0.25, 0.3) is 0 Å². The molecule has 0 saturated heterocycles. The van der Waals surface area contributed by atoms with Gasteiger partial charge < -0.3 is 5.11 Å². The molecule has 21 heavy (non-hydrogen) atoms. The summed E-state index contributed by atoms with van der Waals surface area (Å²) in [4.78, 5) is 5.50. The van der Waals surface area contributed by atoms with Crippen LogP contribution in [0.15, 0.2) is 46.9 Å². The molecule has 0 aliphatic carbocycles. The lowest BCUT2D eigenvalue weighted by Crippen LogP contribution is -2.04. The minimum absolute atomic E-state index is 0.213. The Morgan fingerprint density at radius 3 is 2.95 bits per heavy atom. The maximum Gasteiger partial charge on any atom is 0.193 e. The summed E-state index contributed by atoms with van der Waals surface area (Å²) in [5, 5.41) is 12.2. The first-order valence-electron chi connectivity index (χ1n) is 6.32. The maximum atomic E-state index is 11.6. The number of fused-ring (bicyclic) bond motifs is 1. The normalized spacial score (nSPS) is 13.6. The molecule has 1 atom stereocenters. The number of hydrogen-bond acceptors (Lipinski definition) is 5. The van der Waals surface area contributed by atoms with E-state index >= 15 is 0 Å². The molecule has 0 fully saturated rings. The number of hydrogen-bond donors (Lipinski definition) is 1. The second-order valence-electron chi connectivity index (χ2n) is 4.89. The maximum absolute atomic E-state index is 11.6. The van der Waals surface area contributed by atoms with Crippen LogP contribution in [0.25, 0.3) is 4.96 Å². The Labute approximate surface area is 126 Å². The van der Waals surface area contributed by atoms with Gasteiger partial charge in [0, 0.05) is 30.5 Å². The van der Waals surface area contributed by atoms with Gasteiger partial charge in [-0.25, -0.2) is 13.4 Å². The summed E-state index contributed by atoms with van der Waals surface area (Å²) >= 11 is 1.53. The molecule has 0 aliphatic rings. The highest BCUT2D eigenvalue weighted by Crippen LogP contribution is 2.22. The van der Waals surface area contributed by atoms with Crippen LogP contribution >= 0.6 is 11.3 Å². The number of aromatic nitrogens is 2. The highest BCUT2D eigenvalue weighted by molar-refractivity contribution is 7.90. The number of aliphatic hydroxyl groups excluding tert-OH is 1. The van der Waals surface area contributed by atoms with E-state index in [4.69, 9.17) is 0 Å². The average molecular weight is 322 g/mol. The molecule has 0 saturated carbocycles. The molecular weight excluding hydrogens is 308 g/mol. The summed E-state index contributed by atoms with van der Waals surface area (Å²) < 4.78 is 25.0. The molecule has 1 N–H and O–H groups in total. The molecule has 0 spiro atoms. The molecule has 0 bridgehead atoms. The largest absolute Gasteiger partial charge is 0.388 e. The van der Waals surface area contributed by atoms with Crippen molar-refractivity contribution in [3.05, 3.63) is 53.3 Å². The predicted octanol–water partition coefficient (Wildman–Crippen LogP) is 2.08. The van der Waals surface area contributed by atoms with Crippen LogP contribution in [0, 0.1) is 0 Å². The standard InChI is InChI=1S/C14H14N2O3S2/c1-21(18,19)12-4-2-3-10(7-12)13(17)8-11-9-16-5-6-20-14(16)15-11/h2-7,9,13,17H,8H2,1H3. The summed E-state index contributed by atoms with van der Waals surface area (Å²) in [6, 6.07) is 6.40. The molecule has 1 aromatic carbocycles. The second kappa shape index (κ2) is 5.25. The highest BCUT2D eigenvalue weighted by atomic mass is 32.2. The van der Waals surface area contributed by atoms with E-state index in [2.05, 4.69) is 4.98 Å². The topological polar surface area (TPSA) is 71.7 Å². The van der Waals surface area contributed by atoms with E-state index in [-0.39, 0.29) is 4.90 Å². The third-order valence-corrected chi connectivity index (χ3v) is 5.10. The first-order chi connectivity index (χ1) is 9.93. The zero-order valence-electron chi connectivity index (χ0n) is 11.3. The van der Waals surface area contributed by atoms with Gasteiger partial charge in [-0.3, -0.25) is 4.40 Å². The fourth-order valence-corrected chi connectivity index (χ4v) is 3.54. The number of thiazole rings is 1. The van der Waals surface area contributed by atoms with E-state index in [0.29, 0.717) is 12.0 Å². The number of imidazole rings is 1. The minimum Gasteiger partial charge on any atom is -0.388 e. The van der Waals surface area contributed by atoms with Crippen molar-refractivity contribution in [3.8, 4) is 0 Å². The molecule has 110 valence electrons. The second-order valence-corrected chi connectivity index (χ2v) is 7.78. The van der Waals surface area contributed by atoms with Gasteiger partial charge >= 0.3 is 0 Å². The van der Waals surface area contributed by atoms with Gasteiger partial charge in [0.15, 0.2) is 14.8 Å². The Hall–Kier alpha value is -1.70. The molecule has 0 aliphatic heterocycles. The predicted molar refractivity (Wildman–Crippen MR) is 81.3 cm³/mol. The molecule has 2 heterocycles. The SMILES string of the molecule is CS(=O)(=O)c1cccc(C(O)Cc2cn3ccsc3n2)c1. The molecule has 0 amide bonds. The van der Waals surface area contributed by atoms with Crippen LogP contribution in [0.2, 0.25) is 0 Å². The van der Waals surface area contributed by atoms with Crippen molar-refractivity contribution in [2.75, 3.05) is 6.26 Å². The number of benzene rings is 1. The fraction of sp³-hybridized carbons (Fsp3) is 0.214. The van der Waals surface area contributed by atoms with Gasteiger partial charge in [0.1, 0.15) is 0 Å². The quantitative estimate of drug-likeness (QED) is 0.798. The number of aliphatic hydroxyl groups is 1. The third kappa shape index (κ3) is 2.99. The zero-order valence-corrected chi connectivity index (χ0v) is 12.9. The van der Waals surface area contributed by atoms with Gasteiger partial charge in [-0.15, -0.1) is 11.3 Å². The summed E-state index contributed by atoms with van der Waals surface area (Å²) in [5.41, 5.74) is 1.35. The molecular formula is C14H14N2O3S2. The lowest BCUT2D eigenvalue weighted by molar-refractivity contribution is 0.177. The Kier molecular flexibility index (Phi) is 3.56. The van der Waals surface area contributed by atoms with Crippen molar-refractivity contribution in [2.45, 2.75) is 17.4 Å². The molecule has 5 nitrogen and oxygen atoms in total. The van der Waals surface area contributed by atoms with Crippen molar-refractivity contribution in [1.82, 2.24) is 9.38 Å². The van der Waals surface area contributed by atoms with Crippen LogP contribution in [0.4, 0.5) is 0 Å². The van der Waals surface area contributed by atoms with Crippen molar-refractivity contribution in [3.63, 3.8) is 0 Å². The molecule has 3 aromatic rings. The van der Waals surface area contributed by atoms with E-state index in [1.165, 1.54) is 23.5 Å². The van der Waals surface area contributed by atoms with E-state index < -0.39 is 15.9 Å². The van der Waals surface area contributed by atoms with Crippen LogP contribution in [-0.4, -0.2) is 29.2 Å². The third-order valence-electron chi connectivity index (χ3n) is 3.22. The van der Waals surface area contributed by atoms with Gasteiger partial charge in [0.2, 0.25) is 0 Å². The van der Waals surface area contributed by atoms with Crippen molar-refractivity contribution >= 4 is 26.1 Å². The Morgan fingerprint density at radius 2 is 2.24 bits per heavy atom. The molecule has 7 heteroatoms. The van der Waals surface area contributed by atoms with Crippen molar-refractivity contribution in [1.29, 1.82) is 0 Å². The zero-order chi connectivity index (χ0) is 15.0. The fourth-order valence-electron chi connectivity index (χ4n) is 2.14. The van der Waals surface area contributed by atoms with Gasteiger partial charge in [-0.05, 0) is 17.7 Å². The van der Waals surface area contributed by atoms with Crippen LogP contribution < -0.4 is 0 Å². The van der Waals surface area contributed by atoms with Gasteiger partial charge in [-0.1, -0.05) is 12.1 Å². The summed E-state index contributed by atoms with van der Waals surface area (Å²) in [6.07, 6.45) is 4.50. The Morgan fingerprint density at radius 1 is 1.43 bits per heavy atom. The smallest absolute Gasteiger partial charge is 0.193 e. The lowest BCUT2D eigenvalue weighted by Gasteiger charge is -2.10. The Bertz CT molecular complexity index is 852. The molecule has 3 rings (SSSR count). The van der Waals surface area contributed by atoms with Crippen molar-refractivity contribution < 1.29 is 13.5 Å². The van der Waals surface area contributed by atoms with Gasteiger partial charge in [-0.2, -0.15) is 0 Å². The monoisotopic (exact) mass is 322 g/mol. The Balaban J connectivity index is 1.85. The highest BCUT2D eigenvalue weighted by Gasteiger charge is 2.14. The summed E-state index contributed by atoms with van der Waals surface area (Å²) in [7, 11) is -3.27. The van der Waals surface area contributed by atoms with Crippen LogP contribution in [0.5, 0.6) is 0 Å². The van der Waals surface area contributed by atoms with E-state index in [9.17, 15) is 13.5 Å². The molecule has 1 unspecified atom stereocenters. The lowest BCUT2D eigenvalue weighted by atomic mass is 10.1. The number of sulfone groups is 1.